The molecule has 0 amide bonds. The number of hydrogen-bond acceptors (Lipinski definition) is 3. The summed E-state index contributed by atoms with van der Waals surface area (Å²) in [6.45, 7) is 7.51. The minimum absolute atomic E-state index is 0.416. The Labute approximate surface area is 73.1 Å². The van der Waals surface area contributed by atoms with Crippen LogP contribution in [-0.4, -0.2) is 6.54 Å². The molecule has 3 heteroatoms. The molecule has 0 aliphatic heterocycles. The molecule has 0 heterocycles. The molecule has 0 saturated carbocycles. The molecule has 0 unspecified atom stereocenters. The second kappa shape index (κ2) is 6.09. The quantitative estimate of drug-likeness (QED) is 0.522. The van der Waals surface area contributed by atoms with Crippen LogP contribution in [0.3, 0.4) is 0 Å². The number of nitrogens with two attached hydrogens (primary N) is 2. The topological polar surface area (TPSA) is 64.1 Å². The van der Waals surface area contributed by atoms with E-state index in [0.717, 1.165) is 0 Å². The number of hydrogen-bond donors (Lipinski definition) is 3. The average molecular weight is 165 g/mol. The molecule has 12 heavy (non-hydrogen) atoms. The van der Waals surface area contributed by atoms with Crippen LogP contribution in [0.2, 0.25) is 0 Å². The standard InChI is InChI=1S/C9H15N3/c1-3-4-5-6-9(11)7-12-8(2)10/h3-6,12H,1-2,7,10-11H2/b5-4-,9-6-. The average Bonchev–Trinajstić information content (AvgIpc) is 2.01. The van der Waals surface area contributed by atoms with E-state index in [1.807, 2.05) is 6.08 Å². The minimum atomic E-state index is 0.416. The summed E-state index contributed by atoms with van der Waals surface area (Å²) in [6.07, 6.45) is 7.06. The summed E-state index contributed by atoms with van der Waals surface area (Å²) in [5, 5.41) is 2.80. The van der Waals surface area contributed by atoms with Crippen LogP contribution in [-0.2, 0) is 0 Å². The van der Waals surface area contributed by atoms with Gasteiger partial charge < -0.3 is 16.8 Å². The Balaban J connectivity index is 3.77. The zero-order valence-corrected chi connectivity index (χ0v) is 7.09. The van der Waals surface area contributed by atoms with E-state index in [9.17, 15) is 0 Å². The van der Waals surface area contributed by atoms with E-state index in [2.05, 4.69) is 18.5 Å². The van der Waals surface area contributed by atoms with Gasteiger partial charge in [-0.15, -0.1) is 0 Å². The van der Waals surface area contributed by atoms with Gasteiger partial charge in [0, 0.05) is 5.70 Å². The molecule has 0 radical (unpaired) electrons. The molecule has 0 aromatic rings. The summed E-state index contributed by atoms with van der Waals surface area (Å²) in [7, 11) is 0. The van der Waals surface area contributed by atoms with Gasteiger partial charge >= 0.3 is 0 Å². The number of allylic oxidation sites excluding steroid dienone is 4. The molecule has 3 nitrogen and oxygen atoms in total. The maximum Gasteiger partial charge on any atom is 0.0889 e. The van der Waals surface area contributed by atoms with E-state index in [-0.39, 0.29) is 0 Å². The van der Waals surface area contributed by atoms with Gasteiger partial charge in [-0.2, -0.15) is 0 Å². The lowest BCUT2D eigenvalue weighted by molar-refractivity contribution is 0.852. The van der Waals surface area contributed by atoms with Crippen LogP contribution in [0.1, 0.15) is 0 Å². The van der Waals surface area contributed by atoms with Crippen molar-refractivity contribution in [2.75, 3.05) is 6.54 Å². The first-order valence-electron chi connectivity index (χ1n) is 3.58. The Morgan fingerprint density at radius 1 is 1.33 bits per heavy atom. The van der Waals surface area contributed by atoms with E-state index in [4.69, 9.17) is 11.5 Å². The third kappa shape index (κ3) is 6.48. The molecular weight excluding hydrogens is 150 g/mol. The normalized spacial score (nSPS) is 11.5. The smallest absolute Gasteiger partial charge is 0.0889 e. The highest BCUT2D eigenvalue weighted by Crippen LogP contribution is 1.84. The van der Waals surface area contributed by atoms with Gasteiger partial charge in [0.15, 0.2) is 0 Å². The van der Waals surface area contributed by atoms with Crippen LogP contribution in [0.25, 0.3) is 0 Å². The van der Waals surface area contributed by atoms with Crippen molar-refractivity contribution in [2.24, 2.45) is 11.5 Å². The Bertz CT molecular complexity index is 214. The minimum Gasteiger partial charge on any atom is -0.401 e. The zero-order valence-electron chi connectivity index (χ0n) is 7.09. The van der Waals surface area contributed by atoms with Crippen molar-refractivity contribution in [3.63, 3.8) is 0 Å². The second-order valence-electron chi connectivity index (χ2n) is 2.24. The zero-order chi connectivity index (χ0) is 9.40. The molecule has 0 saturated heterocycles. The molecular formula is C9H15N3. The van der Waals surface area contributed by atoms with Gasteiger partial charge in [0.05, 0.1) is 12.4 Å². The highest BCUT2D eigenvalue weighted by atomic mass is 15.0. The van der Waals surface area contributed by atoms with E-state index in [1.165, 1.54) is 0 Å². The fourth-order valence-corrected chi connectivity index (χ4v) is 0.532. The lowest BCUT2D eigenvalue weighted by Gasteiger charge is -2.03. The number of nitrogens with one attached hydrogen (secondary N) is 1. The third-order valence-corrected chi connectivity index (χ3v) is 1.08. The van der Waals surface area contributed by atoms with Crippen molar-refractivity contribution < 1.29 is 0 Å². The molecule has 0 atom stereocenters. The van der Waals surface area contributed by atoms with Crippen molar-refractivity contribution in [2.45, 2.75) is 0 Å². The van der Waals surface area contributed by atoms with Crippen LogP contribution < -0.4 is 16.8 Å². The van der Waals surface area contributed by atoms with Crippen molar-refractivity contribution in [3.8, 4) is 0 Å². The van der Waals surface area contributed by atoms with Crippen LogP contribution in [0.5, 0.6) is 0 Å². The van der Waals surface area contributed by atoms with Gasteiger partial charge in [-0.05, 0) is 6.08 Å². The fourth-order valence-electron chi connectivity index (χ4n) is 0.532. The lowest BCUT2D eigenvalue weighted by Crippen LogP contribution is -2.23. The highest BCUT2D eigenvalue weighted by molar-refractivity contribution is 5.14. The summed E-state index contributed by atoms with van der Waals surface area (Å²) in [5.41, 5.74) is 11.5. The maximum absolute atomic E-state index is 5.58. The SMILES string of the molecule is C=C/C=C\C=C(/N)CNC(=C)N. The molecule has 0 spiro atoms. The molecule has 0 fully saturated rings. The number of rotatable bonds is 5. The Hall–Kier alpha value is -1.64. The van der Waals surface area contributed by atoms with Gasteiger partial charge in [0.1, 0.15) is 0 Å². The van der Waals surface area contributed by atoms with Crippen LogP contribution in [0, 0.1) is 0 Å². The predicted octanol–water partition coefficient (Wildman–Crippen LogP) is 0.591. The summed E-state index contributed by atoms with van der Waals surface area (Å²) >= 11 is 0. The Morgan fingerprint density at radius 3 is 2.50 bits per heavy atom. The van der Waals surface area contributed by atoms with Crippen molar-refractivity contribution in [1.29, 1.82) is 0 Å². The maximum atomic E-state index is 5.58. The van der Waals surface area contributed by atoms with Gasteiger partial charge in [0.25, 0.3) is 0 Å². The molecule has 0 aliphatic rings. The monoisotopic (exact) mass is 165 g/mol. The van der Waals surface area contributed by atoms with Crippen molar-refractivity contribution in [3.05, 3.63) is 49.0 Å². The molecule has 0 aromatic heterocycles. The molecule has 0 aromatic carbocycles. The van der Waals surface area contributed by atoms with Crippen LogP contribution in [0.15, 0.2) is 49.0 Å². The first-order valence-corrected chi connectivity index (χ1v) is 3.58. The molecule has 0 bridgehead atoms. The van der Waals surface area contributed by atoms with Gasteiger partial charge in [-0.25, -0.2) is 0 Å². The Kier molecular flexibility index (Phi) is 5.26. The summed E-state index contributed by atoms with van der Waals surface area (Å²) in [5.74, 6) is 0.416. The summed E-state index contributed by atoms with van der Waals surface area (Å²) < 4.78 is 0. The summed E-state index contributed by atoms with van der Waals surface area (Å²) in [4.78, 5) is 0. The van der Waals surface area contributed by atoms with Gasteiger partial charge in [0.2, 0.25) is 0 Å². The summed E-state index contributed by atoms with van der Waals surface area (Å²) in [6, 6.07) is 0. The fraction of sp³-hybridized carbons (Fsp3) is 0.111. The van der Waals surface area contributed by atoms with Crippen molar-refractivity contribution >= 4 is 0 Å². The van der Waals surface area contributed by atoms with Crippen molar-refractivity contribution in [1.82, 2.24) is 5.32 Å². The largest absolute Gasteiger partial charge is 0.401 e. The van der Waals surface area contributed by atoms with E-state index in [0.29, 0.717) is 18.1 Å². The molecule has 0 aliphatic carbocycles. The molecule has 0 rings (SSSR count). The van der Waals surface area contributed by atoms with Crippen LogP contribution >= 0.6 is 0 Å². The highest BCUT2D eigenvalue weighted by Gasteiger charge is 1.86. The Morgan fingerprint density at radius 2 is 2.00 bits per heavy atom. The van der Waals surface area contributed by atoms with E-state index in [1.54, 1.807) is 18.2 Å². The molecule has 66 valence electrons. The van der Waals surface area contributed by atoms with Gasteiger partial charge in [-0.1, -0.05) is 31.4 Å². The first-order chi connectivity index (χ1) is 5.66. The second-order valence-corrected chi connectivity index (χ2v) is 2.24. The first kappa shape index (κ1) is 10.4. The van der Waals surface area contributed by atoms with E-state index >= 15 is 0 Å². The van der Waals surface area contributed by atoms with Crippen LogP contribution in [0.4, 0.5) is 0 Å². The third-order valence-electron chi connectivity index (χ3n) is 1.08. The van der Waals surface area contributed by atoms with Gasteiger partial charge in [-0.3, -0.25) is 0 Å². The molecule has 5 N–H and O–H groups in total. The lowest BCUT2D eigenvalue weighted by atomic mass is 10.3. The van der Waals surface area contributed by atoms with E-state index < -0.39 is 0 Å². The predicted molar refractivity (Wildman–Crippen MR) is 52.9 cm³/mol.